The van der Waals surface area contributed by atoms with Crippen LogP contribution in [0.15, 0.2) is 16.6 Å². The topological polar surface area (TPSA) is 29.4 Å². The average molecular weight is 183 g/mol. The van der Waals surface area contributed by atoms with Gasteiger partial charge in [-0.3, -0.25) is 0 Å². The molecular weight excluding hydrogens is 170 g/mol. The molecule has 0 amide bonds. The van der Waals surface area contributed by atoms with Crippen LogP contribution >= 0.6 is 11.3 Å². The third-order valence-electron chi connectivity index (χ3n) is 1.86. The summed E-state index contributed by atoms with van der Waals surface area (Å²) in [5, 5.41) is 5.56. The Morgan fingerprint density at radius 2 is 2.33 bits per heavy atom. The zero-order valence-electron chi connectivity index (χ0n) is 7.25. The first-order valence-electron chi connectivity index (χ1n) is 4.28. The molecule has 0 bridgehead atoms. The zero-order chi connectivity index (χ0) is 8.81. The summed E-state index contributed by atoms with van der Waals surface area (Å²) in [5.74, 6) is 0. The highest BCUT2D eigenvalue weighted by molar-refractivity contribution is 7.14. The molecule has 3 heteroatoms. The predicted octanol–water partition coefficient (Wildman–Crippen LogP) is 3.88. The lowest BCUT2D eigenvalue weighted by molar-refractivity contribution is 0.719. The van der Waals surface area contributed by atoms with Gasteiger partial charge in [0.05, 0.1) is 0 Å². The predicted molar refractivity (Wildman–Crippen MR) is 53.0 cm³/mol. The summed E-state index contributed by atoms with van der Waals surface area (Å²) in [5.41, 5.74) is 1.11. The fourth-order valence-corrected chi connectivity index (χ4v) is 1.89. The Hall–Kier alpha value is -0.700. The minimum Gasteiger partial charge on any atom is -0.144 e. The maximum atomic E-state index is 10.3. The number of thiophene rings is 1. The minimum absolute atomic E-state index is 0.658. The van der Waals surface area contributed by atoms with Crippen LogP contribution in [-0.2, 0) is 6.42 Å². The van der Waals surface area contributed by atoms with E-state index in [0.717, 1.165) is 18.4 Å². The minimum atomic E-state index is 0.658. The molecule has 0 spiro atoms. The van der Waals surface area contributed by atoms with E-state index >= 15 is 0 Å². The van der Waals surface area contributed by atoms with Crippen molar-refractivity contribution < 1.29 is 0 Å². The lowest BCUT2D eigenvalue weighted by Crippen LogP contribution is -1.81. The number of aryl methyl sites for hydroxylation is 1. The van der Waals surface area contributed by atoms with Crippen LogP contribution in [0.4, 0.5) is 5.00 Å². The lowest BCUT2D eigenvalue weighted by atomic mass is 10.1. The highest BCUT2D eigenvalue weighted by Gasteiger charge is 2.02. The number of hydrogen-bond donors (Lipinski definition) is 0. The van der Waals surface area contributed by atoms with Crippen molar-refractivity contribution in [3.05, 3.63) is 21.9 Å². The molecule has 12 heavy (non-hydrogen) atoms. The molecule has 1 rings (SSSR count). The van der Waals surface area contributed by atoms with E-state index in [2.05, 4.69) is 12.1 Å². The van der Waals surface area contributed by atoms with Gasteiger partial charge >= 0.3 is 0 Å². The first kappa shape index (κ1) is 9.39. The quantitative estimate of drug-likeness (QED) is 0.503. The Morgan fingerprint density at radius 3 is 3.00 bits per heavy atom. The summed E-state index contributed by atoms with van der Waals surface area (Å²) in [6.45, 7) is 2.17. The molecule has 0 radical (unpaired) electrons. The molecule has 0 N–H and O–H groups in total. The number of unbranched alkanes of at least 4 members (excludes halogenated alkanes) is 2. The van der Waals surface area contributed by atoms with Crippen molar-refractivity contribution in [1.82, 2.24) is 0 Å². The van der Waals surface area contributed by atoms with Gasteiger partial charge in [0.1, 0.15) is 0 Å². The molecule has 2 nitrogen and oxygen atoms in total. The van der Waals surface area contributed by atoms with Crippen molar-refractivity contribution in [1.29, 1.82) is 0 Å². The number of rotatable bonds is 5. The third kappa shape index (κ3) is 2.41. The van der Waals surface area contributed by atoms with E-state index in [1.807, 2.05) is 11.4 Å². The lowest BCUT2D eigenvalue weighted by Gasteiger charge is -1.96. The summed E-state index contributed by atoms with van der Waals surface area (Å²) in [4.78, 5) is 10.3. The summed E-state index contributed by atoms with van der Waals surface area (Å²) in [7, 11) is 0. The van der Waals surface area contributed by atoms with Gasteiger partial charge in [0.25, 0.3) is 0 Å². The molecule has 0 aliphatic carbocycles. The van der Waals surface area contributed by atoms with Gasteiger partial charge < -0.3 is 0 Å². The van der Waals surface area contributed by atoms with Crippen LogP contribution < -0.4 is 0 Å². The Labute approximate surface area is 76.6 Å². The first-order valence-corrected chi connectivity index (χ1v) is 5.16. The van der Waals surface area contributed by atoms with Crippen LogP contribution in [0.5, 0.6) is 0 Å². The second-order valence-corrected chi connectivity index (χ2v) is 3.69. The van der Waals surface area contributed by atoms with E-state index in [0.29, 0.717) is 5.00 Å². The maximum Gasteiger partial charge on any atom is 0.163 e. The van der Waals surface area contributed by atoms with Gasteiger partial charge in [0, 0.05) is 0 Å². The summed E-state index contributed by atoms with van der Waals surface area (Å²) in [6.07, 6.45) is 4.61. The molecule has 0 aromatic carbocycles. The molecule has 1 aromatic rings. The van der Waals surface area contributed by atoms with E-state index in [1.165, 1.54) is 24.2 Å². The second kappa shape index (κ2) is 5.04. The maximum absolute atomic E-state index is 10.3. The van der Waals surface area contributed by atoms with Crippen molar-refractivity contribution in [3.63, 3.8) is 0 Å². The van der Waals surface area contributed by atoms with Crippen LogP contribution in [-0.4, -0.2) is 0 Å². The van der Waals surface area contributed by atoms with Crippen molar-refractivity contribution in [2.24, 2.45) is 5.18 Å². The van der Waals surface area contributed by atoms with Crippen molar-refractivity contribution in [2.75, 3.05) is 0 Å². The van der Waals surface area contributed by atoms with E-state index < -0.39 is 0 Å². The molecule has 0 fully saturated rings. The largest absolute Gasteiger partial charge is 0.163 e. The van der Waals surface area contributed by atoms with Gasteiger partial charge in [0.15, 0.2) is 5.00 Å². The summed E-state index contributed by atoms with van der Waals surface area (Å²) >= 11 is 1.43. The molecule has 0 saturated carbocycles. The second-order valence-electron chi connectivity index (χ2n) is 2.80. The van der Waals surface area contributed by atoms with Crippen LogP contribution in [0.3, 0.4) is 0 Å². The molecule has 0 aliphatic rings. The normalized spacial score (nSPS) is 10.1. The molecule has 0 aliphatic heterocycles. The first-order chi connectivity index (χ1) is 5.88. The third-order valence-corrected chi connectivity index (χ3v) is 2.69. The molecule has 1 heterocycles. The fraction of sp³-hybridized carbons (Fsp3) is 0.556. The van der Waals surface area contributed by atoms with E-state index in [1.54, 1.807) is 0 Å². The highest BCUT2D eigenvalue weighted by Crippen LogP contribution is 2.27. The Morgan fingerprint density at radius 1 is 1.50 bits per heavy atom. The van der Waals surface area contributed by atoms with Crippen molar-refractivity contribution >= 4 is 16.3 Å². The molecular formula is C9H13NOS. The van der Waals surface area contributed by atoms with Crippen LogP contribution in [0.2, 0.25) is 0 Å². The summed E-state index contributed by atoms with van der Waals surface area (Å²) < 4.78 is 0. The Balaban J connectivity index is 2.45. The molecule has 0 saturated heterocycles. The SMILES string of the molecule is CCCCCc1ccsc1N=O. The number of nitrogens with zero attached hydrogens (tertiary/aromatic N) is 1. The molecule has 66 valence electrons. The molecule has 1 aromatic heterocycles. The van der Waals surface area contributed by atoms with Crippen molar-refractivity contribution in [2.45, 2.75) is 32.6 Å². The van der Waals surface area contributed by atoms with E-state index in [-0.39, 0.29) is 0 Å². The smallest absolute Gasteiger partial charge is 0.144 e. The van der Waals surface area contributed by atoms with Gasteiger partial charge in [-0.25, -0.2) is 0 Å². The standard InChI is InChI=1S/C9H13NOS/c1-2-3-4-5-8-6-7-12-9(8)10-11/h6-7H,2-5H2,1H3. The van der Waals surface area contributed by atoms with Crippen LogP contribution in [0.25, 0.3) is 0 Å². The molecule has 0 unspecified atom stereocenters. The van der Waals surface area contributed by atoms with Gasteiger partial charge in [-0.15, -0.1) is 16.2 Å². The van der Waals surface area contributed by atoms with Crippen LogP contribution in [0.1, 0.15) is 31.7 Å². The number of nitroso groups, excluding NO2 is 1. The van der Waals surface area contributed by atoms with Crippen molar-refractivity contribution in [3.8, 4) is 0 Å². The molecule has 0 atom stereocenters. The summed E-state index contributed by atoms with van der Waals surface area (Å²) in [6, 6.07) is 2.00. The zero-order valence-corrected chi connectivity index (χ0v) is 8.06. The average Bonchev–Trinajstić information content (AvgIpc) is 2.52. The highest BCUT2D eigenvalue weighted by atomic mass is 32.1. The van der Waals surface area contributed by atoms with Gasteiger partial charge in [-0.1, -0.05) is 19.8 Å². The Kier molecular flexibility index (Phi) is 3.94. The van der Waals surface area contributed by atoms with Gasteiger partial charge in [-0.2, -0.15) is 0 Å². The van der Waals surface area contributed by atoms with Crippen LogP contribution in [0, 0.1) is 4.91 Å². The monoisotopic (exact) mass is 183 g/mol. The van der Waals surface area contributed by atoms with E-state index in [9.17, 15) is 4.91 Å². The number of hydrogen-bond acceptors (Lipinski definition) is 3. The fourth-order valence-electron chi connectivity index (χ4n) is 1.16. The van der Waals surface area contributed by atoms with Gasteiger partial charge in [0.2, 0.25) is 0 Å². The Bertz CT molecular complexity index is 244. The van der Waals surface area contributed by atoms with E-state index in [4.69, 9.17) is 0 Å². The van der Waals surface area contributed by atoms with Gasteiger partial charge in [-0.05, 0) is 35.0 Å².